The fourth-order valence-corrected chi connectivity index (χ4v) is 2.44. The molecule has 1 atom stereocenters. The van der Waals surface area contributed by atoms with Crippen LogP contribution in [0.3, 0.4) is 0 Å². The van der Waals surface area contributed by atoms with E-state index in [9.17, 15) is 0 Å². The normalized spacial score (nSPS) is 12.6. The lowest BCUT2D eigenvalue weighted by molar-refractivity contribution is 0.491. The summed E-state index contributed by atoms with van der Waals surface area (Å²) in [4.78, 5) is 4.39. The van der Waals surface area contributed by atoms with Crippen LogP contribution in [0.1, 0.15) is 37.2 Å². The third kappa shape index (κ3) is 4.09. The zero-order chi connectivity index (χ0) is 14.4. The van der Waals surface area contributed by atoms with Crippen molar-refractivity contribution in [3.63, 3.8) is 0 Å². The molecule has 20 heavy (non-hydrogen) atoms. The molecule has 2 aromatic rings. The van der Waals surface area contributed by atoms with Gasteiger partial charge in [-0.25, -0.2) is 4.98 Å². The van der Waals surface area contributed by atoms with E-state index in [0.29, 0.717) is 6.04 Å². The van der Waals surface area contributed by atoms with E-state index >= 15 is 0 Å². The number of aromatic nitrogens is 2. The summed E-state index contributed by atoms with van der Waals surface area (Å²) in [6.07, 6.45) is 6.98. The molecule has 1 aromatic carbocycles. The predicted octanol–water partition coefficient (Wildman–Crippen LogP) is 3.75. The molecule has 1 unspecified atom stereocenters. The molecule has 0 fully saturated rings. The van der Waals surface area contributed by atoms with Crippen LogP contribution in [0.5, 0.6) is 0 Å². The van der Waals surface area contributed by atoms with Crippen LogP contribution >= 0.6 is 11.6 Å². The van der Waals surface area contributed by atoms with Crippen molar-refractivity contribution in [3.8, 4) is 0 Å². The Morgan fingerprint density at radius 2 is 2.05 bits per heavy atom. The van der Waals surface area contributed by atoms with Gasteiger partial charge in [-0.1, -0.05) is 30.7 Å². The largest absolute Gasteiger partial charge is 0.338 e. The second kappa shape index (κ2) is 7.46. The SMILES string of the molecule is CCCNC(CCc1nccn1C)c1ccc(Cl)cc1. The summed E-state index contributed by atoms with van der Waals surface area (Å²) in [5, 5.41) is 4.39. The van der Waals surface area contributed by atoms with Crippen LogP contribution in [0.15, 0.2) is 36.7 Å². The summed E-state index contributed by atoms with van der Waals surface area (Å²) in [7, 11) is 2.04. The highest BCUT2D eigenvalue weighted by Gasteiger charge is 2.12. The third-order valence-corrected chi connectivity index (χ3v) is 3.74. The zero-order valence-corrected chi connectivity index (χ0v) is 12.9. The summed E-state index contributed by atoms with van der Waals surface area (Å²) in [5.74, 6) is 1.13. The zero-order valence-electron chi connectivity index (χ0n) is 12.1. The van der Waals surface area contributed by atoms with E-state index in [-0.39, 0.29) is 0 Å². The molecule has 0 spiro atoms. The standard InChI is InChI=1S/C16H22ClN3/c1-3-10-18-15(13-4-6-14(17)7-5-13)8-9-16-19-11-12-20(16)2/h4-7,11-12,15,18H,3,8-10H2,1-2H3. The molecule has 4 heteroatoms. The number of aryl methyl sites for hydroxylation is 2. The number of benzene rings is 1. The summed E-state index contributed by atoms with van der Waals surface area (Å²) in [6, 6.07) is 8.47. The van der Waals surface area contributed by atoms with Crippen LogP contribution in [0, 0.1) is 0 Å². The molecule has 0 amide bonds. The molecule has 0 aliphatic heterocycles. The van der Waals surface area contributed by atoms with E-state index in [1.165, 1.54) is 5.56 Å². The Balaban J connectivity index is 2.03. The highest BCUT2D eigenvalue weighted by molar-refractivity contribution is 6.30. The summed E-state index contributed by atoms with van der Waals surface area (Å²) < 4.78 is 2.08. The van der Waals surface area contributed by atoms with Crippen molar-refractivity contribution >= 4 is 11.6 Å². The molecular weight excluding hydrogens is 270 g/mol. The average molecular weight is 292 g/mol. The van der Waals surface area contributed by atoms with Crippen molar-refractivity contribution < 1.29 is 0 Å². The lowest BCUT2D eigenvalue weighted by Gasteiger charge is -2.19. The molecule has 0 saturated heterocycles. The predicted molar refractivity (Wildman–Crippen MR) is 84.0 cm³/mol. The van der Waals surface area contributed by atoms with Gasteiger partial charge < -0.3 is 9.88 Å². The molecule has 0 radical (unpaired) electrons. The Labute approximate surface area is 126 Å². The van der Waals surface area contributed by atoms with E-state index in [1.807, 2.05) is 31.6 Å². The number of imidazole rings is 1. The fourth-order valence-electron chi connectivity index (χ4n) is 2.31. The first-order chi connectivity index (χ1) is 9.70. The Morgan fingerprint density at radius 3 is 2.65 bits per heavy atom. The highest BCUT2D eigenvalue weighted by atomic mass is 35.5. The molecule has 2 rings (SSSR count). The van der Waals surface area contributed by atoms with E-state index in [1.54, 1.807) is 0 Å². The van der Waals surface area contributed by atoms with Gasteiger partial charge in [0, 0.05) is 36.9 Å². The van der Waals surface area contributed by atoms with Crippen molar-refractivity contribution in [3.05, 3.63) is 53.1 Å². The number of rotatable bonds is 7. The van der Waals surface area contributed by atoms with Gasteiger partial charge in [-0.2, -0.15) is 0 Å². The van der Waals surface area contributed by atoms with Crippen LogP contribution in [0.2, 0.25) is 5.02 Å². The Bertz CT molecular complexity index is 519. The van der Waals surface area contributed by atoms with Crippen molar-refractivity contribution in [2.75, 3.05) is 6.54 Å². The smallest absolute Gasteiger partial charge is 0.108 e. The maximum Gasteiger partial charge on any atom is 0.108 e. The molecule has 108 valence electrons. The summed E-state index contributed by atoms with van der Waals surface area (Å²) in [5.41, 5.74) is 1.29. The monoisotopic (exact) mass is 291 g/mol. The Kier molecular flexibility index (Phi) is 5.62. The van der Waals surface area contributed by atoms with Gasteiger partial charge in [-0.15, -0.1) is 0 Å². The maximum atomic E-state index is 5.97. The van der Waals surface area contributed by atoms with Crippen molar-refractivity contribution in [2.24, 2.45) is 7.05 Å². The van der Waals surface area contributed by atoms with E-state index in [0.717, 1.165) is 36.7 Å². The average Bonchev–Trinajstić information content (AvgIpc) is 2.86. The van der Waals surface area contributed by atoms with Crippen LogP contribution in [0.25, 0.3) is 0 Å². The minimum Gasteiger partial charge on any atom is -0.338 e. The van der Waals surface area contributed by atoms with Gasteiger partial charge in [0.1, 0.15) is 5.82 Å². The number of nitrogens with one attached hydrogen (secondary N) is 1. The lowest BCUT2D eigenvalue weighted by atomic mass is 10.0. The molecule has 0 aliphatic carbocycles. The molecular formula is C16H22ClN3. The second-order valence-electron chi connectivity index (χ2n) is 5.05. The molecule has 0 aliphatic rings. The van der Waals surface area contributed by atoms with E-state index in [4.69, 9.17) is 11.6 Å². The highest BCUT2D eigenvalue weighted by Crippen LogP contribution is 2.21. The molecule has 1 N–H and O–H groups in total. The van der Waals surface area contributed by atoms with Crippen LogP contribution in [-0.2, 0) is 13.5 Å². The Morgan fingerprint density at radius 1 is 1.30 bits per heavy atom. The summed E-state index contributed by atoms with van der Waals surface area (Å²) >= 11 is 5.97. The van der Waals surface area contributed by atoms with Gasteiger partial charge in [-0.05, 0) is 37.1 Å². The minimum atomic E-state index is 0.351. The van der Waals surface area contributed by atoms with Crippen molar-refractivity contribution in [1.29, 1.82) is 0 Å². The quantitative estimate of drug-likeness (QED) is 0.842. The first kappa shape index (κ1) is 15.1. The minimum absolute atomic E-state index is 0.351. The van der Waals surface area contributed by atoms with Crippen molar-refractivity contribution in [2.45, 2.75) is 32.2 Å². The molecule has 0 bridgehead atoms. The third-order valence-electron chi connectivity index (χ3n) is 3.49. The van der Waals surface area contributed by atoms with Gasteiger partial charge in [0.15, 0.2) is 0 Å². The molecule has 1 aromatic heterocycles. The van der Waals surface area contributed by atoms with Crippen molar-refractivity contribution in [1.82, 2.24) is 14.9 Å². The van der Waals surface area contributed by atoms with Gasteiger partial charge >= 0.3 is 0 Å². The second-order valence-corrected chi connectivity index (χ2v) is 5.49. The number of hydrogen-bond acceptors (Lipinski definition) is 2. The number of halogens is 1. The maximum absolute atomic E-state index is 5.97. The lowest BCUT2D eigenvalue weighted by Crippen LogP contribution is -2.23. The van der Waals surface area contributed by atoms with Gasteiger partial charge in [-0.3, -0.25) is 0 Å². The Hall–Kier alpha value is -1.32. The summed E-state index contributed by atoms with van der Waals surface area (Å²) in [6.45, 7) is 3.21. The van der Waals surface area contributed by atoms with Gasteiger partial charge in [0.25, 0.3) is 0 Å². The molecule has 1 heterocycles. The molecule has 3 nitrogen and oxygen atoms in total. The van der Waals surface area contributed by atoms with Gasteiger partial charge in [0.05, 0.1) is 0 Å². The molecule has 0 saturated carbocycles. The van der Waals surface area contributed by atoms with Gasteiger partial charge in [0.2, 0.25) is 0 Å². The van der Waals surface area contributed by atoms with Crippen LogP contribution in [-0.4, -0.2) is 16.1 Å². The van der Waals surface area contributed by atoms with Crippen LogP contribution < -0.4 is 5.32 Å². The number of nitrogens with zero attached hydrogens (tertiary/aromatic N) is 2. The first-order valence-corrected chi connectivity index (χ1v) is 7.53. The van der Waals surface area contributed by atoms with Crippen LogP contribution in [0.4, 0.5) is 0 Å². The first-order valence-electron chi connectivity index (χ1n) is 7.15. The number of hydrogen-bond donors (Lipinski definition) is 1. The topological polar surface area (TPSA) is 29.9 Å². The fraction of sp³-hybridized carbons (Fsp3) is 0.438. The van der Waals surface area contributed by atoms with E-state index < -0.39 is 0 Å². The van der Waals surface area contributed by atoms with E-state index in [2.05, 4.69) is 33.9 Å².